The van der Waals surface area contributed by atoms with E-state index in [1.807, 2.05) is 20.8 Å². The number of amides is 2. The number of thioether (sulfide) groups is 1. The van der Waals surface area contributed by atoms with Gasteiger partial charge in [-0.25, -0.2) is 4.79 Å². The van der Waals surface area contributed by atoms with Gasteiger partial charge in [-0.3, -0.25) is 9.59 Å². The zero-order chi connectivity index (χ0) is 19.9. The van der Waals surface area contributed by atoms with Crippen molar-refractivity contribution in [2.45, 2.75) is 70.5 Å². The minimum atomic E-state index is -0.767. The lowest BCUT2D eigenvalue weighted by molar-refractivity contribution is -0.165. The van der Waals surface area contributed by atoms with E-state index in [0.29, 0.717) is 31.5 Å². The third-order valence-electron chi connectivity index (χ3n) is 5.72. The van der Waals surface area contributed by atoms with Crippen LogP contribution in [0.4, 0.5) is 0 Å². The van der Waals surface area contributed by atoms with Crippen molar-refractivity contribution in [2.24, 2.45) is 11.8 Å². The molecule has 0 aromatic carbocycles. The second-order valence-corrected chi connectivity index (χ2v) is 8.90. The van der Waals surface area contributed by atoms with Gasteiger partial charge in [-0.05, 0) is 19.8 Å². The Bertz CT molecular complexity index is 673. The van der Waals surface area contributed by atoms with Crippen LogP contribution in [0.2, 0.25) is 0 Å². The zero-order valence-corrected chi connectivity index (χ0v) is 17.0. The molecule has 3 aliphatic rings. The first kappa shape index (κ1) is 20.2. The molecule has 3 unspecified atom stereocenters. The molecule has 0 aliphatic carbocycles. The Labute approximate surface area is 163 Å². The summed E-state index contributed by atoms with van der Waals surface area (Å²) >= 11 is 1.49. The number of rotatable bonds is 7. The van der Waals surface area contributed by atoms with Crippen molar-refractivity contribution in [3.8, 4) is 0 Å². The number of aliphatic hydroxyl groups is 1. The van der Waals surface area contributed by atoms with Crippen LogP contribution in [0.5, 0.6) is 0 Å². The van der Waals surface area contributed by atoms with E-state index in [1.165, 1.54) is 16.7 Å². The van der Waals surface area contributed by atoms with Crippen LogP contribution < -0.4 is 5.32 Å². The Morgan fingerprint density at radius 2 is 2.04 bits per heavy atom. The summed E-state index contributed by atoms with van der Waals surface area (Å²) in [5.41, 5.74) is 0.311. The third kappa shape index (κ3) is 3.49. The summed E-state index contributed by atoms with van der Waals surface area (Å²) in [6.07, 6.45) is 0.861. The van der Waals surface area contributed by atoms with Gasteiger partial charge in [0.25, 0.3) is 0 Å². The number of nitrogens with one attached hydrogen (secondary N) is 1. The number of hydrogen-bond donors (Lipinski definition) is 2. The Balaban J connectivity index is 1.89. The maximum absolute atomic E-state index is 12.9. The highest BCUT2D eigenvalue weighted by molar-refractivity contribution is 8.03. The summed E-state index contributed by atoms with van der Waals surface area (Å²) in [6.45, 7) is 8.05. The average Bonchev–Trinajstić information content (AvgIpc) is 3.13. The SMILES string of the molecule is CCC(CC)OC(=O)C1=C(SC2CNC(=O)C2)[C@H](C)C2C([C@@H](C)O)C(=O)N12. The molecule has 3 aliphatic heterocycles. The van der Waals surface area contributed by atoms with Gasteiger partial charge < -0.3 is 20.1 Å². The summed E-state index contributed by atoms with van der Waals surface area (Å²) in [5.74, 6) is -1.28. The van der Waals surface area contributed by atoms with Crippen LogP contribution in [0.1, 0.15) is 47.0 Å². The Hall–Kier alpha value is -1.54. The standard InChI is InChI=1S/C19H28N2O5S/c1-5-11(6-2)26-19(25)16-17(27-12-7-13(23)20-8-12)9(3)15-14(10(4)22)18(24)21(15)16/h9-12,14-15,22H,5-8H2,1-4H3,(H,20,23)/t9-,10-,12?,14?,15?/m1/s1. The molecule has 3 rings (SSSR count). The molecule has 2 saturated heterocycles. The number of esters is 1. The van der Waals surface area contributed by atoms with E-state index in [4.69, 9.17) is 4.74 Å². The first-order valence-electron chi connectivity index (χ1n) is 9.69. The number of hydrogen-bond acceptors (Lipinski definition) is 6. The number of ether oxygens (including phenoxy) is 1. The van der Waals surface area contributed by atoms with Crippen molar-refractivity contribution in [1.82, 2.24) is 10.2 Å². The Kier molecular flexibility index (Phi) is 5.86. The number of carbonyl (C=O) groups excluding carboxylic acids is 3. The van der Waals surface area contributed by atoms with Gasteiger partial charge in [0.1, 0.15) is 11.8 Å². The number of β-lactam (4-membered cyclic amide) rings is 1. The molecular weight excluding hydrogens is 368 g/mol. The molecule has 0 aromatic heterocycles. The highest BCUT2D eigenvalue weighted by Crippen LogP contribution is 2.52. The molecule has 27 heavy (non-hydrogen) atoms. The van der Waals surface area contributed by atoms with Crippen LogP contribution >= 0.6 is 11.8 Å². The van der Waals surface area contributed by atoms with Crippen molar-refractivity contribution in [3.63, 3.8) is 0 Å². The fourth-order valence-corrected chi connectivity index (χ4v) is 5.58. The van der Waals surface area contributed by atoms with Gasteiger partial charge in [0.15, 0.2) is 0 Å². The minimum Gasteiger partial charge on any atom is -0.458 e. The molecule has 0 radical (unpaired) electrons. The van der Waals surface area contributed by atoms with Crippen molar-refractivity contribution in [1.29, 1.82) is 0 Å². The highest BCUT2D eigenvalue weighted by Gasteiger charge is 2.60. The van der Waals surface area contributed by atoms with Crippen LogP contribution in [0.15, 0.2) is 10.6 Å². The number of nitrogens with zero attached hydrogens (tertiary/aromatic N) is 1. The van der Waals surface area contributed by atoms with Gasteiger partial charge in [0, 0.05) is 29.0 Å². The summed E-state index contributed by atoms with van der Waals surface area (Å²) in [4.78, 5) is 39.5. The van der Waals surface area contributed by atoms with Crippen LogP contribution in [-0.2, 0) is 19.1 Å². The van der Waals surface area contributed by atoms with Gasteiger partial charge in [-0.2, -0.15) is 0 Å². The smallest absolute Gasteiger partial charge is 0.356 e. The van der Waals surface area contributed by atoms with Gasteiger partial charge in [0.05, 0.1) is 18.1 Å². The molecule has 3 heterocycles. The van der Waals surface area contributed by atoms with Crippen LogP contribution in [0, 0.1) is 11.8 Å². The van der Waals surface area contributed by atoms with E-state index < -0.39 is 18.0 Å². The van der Waals surface area contributed by atoms with Gasteiger partial charge in [-0.15, -0.1) is 11.8 Å². The van der Waals surface area contributed by atoms with E-state index in [-0.39, 0.29) is 35.1 Å². The van der Waals surface area contributed by atoms with Crippen molar-refractivity contribution < 1.29 is 24.2 Å². The minimum absolute atomic E-state index is 0.00104. The quantitative estimate of drug-likeness (QED) is 0.499. The molecule has 2 amide bonds. The molecule has 0 saturated carbocycles. The summed E-state index contributed by atoms with van der Waals surface area (Å²) < 4.78 is 5.64. The number of aliphatic hydroxyl groups excluding tert-OH is 1. The molecule has 0 spiro atoms. The van der Waals surface area contributed by atoms with Gasteiger partial charge in [0.2, 0.25) is 11.8 Å². The normalized spacial score (nSPS) is 31.1. The first-order chi connectivity index (χ1) is 12.8. The zero-order valence-electron chi connectivity index (χ0n) is 16.2. The lowest BCUT2D eigenvalue weighted by Crippen LogP contribution is -2.63. The van der Waals surface area contributed by atoms with Crippen LogP contribution in [0.25, 0.3) is 0 Å². The fourth-order valence-electron chi connectivity index (χ4n) is 4.17. The highest BCUT2D eigenvalue weighted by atomic mass is 32.2. The second kappa shape index (κ2) is 7.83. The third-order valence-corrected chi connectivity index (χ3v) is 7.21. The molecule has 5 atom stereocenters. The molecule has 2 N–H and O–H groups in total. The van der Waals surface area contributed by atoms with E-state index in [2.05, 4.69) is 5.32 Å². The predicted octanol–water partition coefficient (Wildman–Crippen LogP) is 1.41. The molecule has 150 valence electrons. The van der Waals surface area contributed by atoms with Gasteiger partial charge in [-0.1, -0.05) is 20.8 Å². The average molecular weight is 397 g/mol. The lowest BCUT2D eigenvalue weighted by Gasteiger charge is -2.46. The largest absolute Gasteiger partial charge is 0.458 e. The topological polar surface area (TPSA) is 95.9 Å². The predicted molar refractivity (Wildman–Crippen MR) is 101 cm³/mol. The van der Waals surface area contributed by atoms with Crippen molar-refractivity contribution in [2.75, 3.05) is 6.54 Å². The van der Waals surface area contributed by atoms with E-state index in [1.54, 1.807) is 6.92 Å². The summed E-state index contributed by atoms with van der Waals surface area (Å²) in [7, 11) is 0. The maximum atomic E-state index is 12.9. The molecule has 8 heteroatoms. The van der Waals surface area contributed by atoms with Crippen LogP contribution in [-0.4, -0.2) is 57.8 Å². The van der Waals surface area contributed by atoms with E-state index in [9.17, 15) is 19.5 Å². The Morgan fingerprint density at radius 3 is 2.56 bits per heavy atom. The van der Waals surface area contributed by atoms with Gasteiger partial charge >= 0.3 is 5.97 Å². The molecule has 2 fully saturated rings. The monoisotopic (exact) mass is 396 g/mol. The summed E-state index contributed by atoms with van der Waals surface area (Å²) in [5, 5.41) is 12.9. The number of carbonyl (C=O) groups is 3. The van der Waals surface area contributed by atoms with Crippen molar-refractivity contribution in [3.05, 3.63) is 10.6 Å². The fraction of sp³-hybridized carbons (Fsp3) is 0.737. The number of fused-ring (bicyclic) bond motifs is 1. The molecule has 7 nitrogen and oxygen atoms in total. The Morgan fingerprint density at radius 1 is 1.37 bits per heavy atom. The maximum Gasteiger partial charge on any atom is 0.356 e. The van der Waals surface area contributed by atoms with Crippen LogP contribution in [0.3, 0.4) is 0 Å². The van der Waals surface area contributed by atoms with Crippen molar-refractivity contribution >= 4 is 29.5 Å². The first-order valence-corrected chi connectivity index (χ1v) is 10.6. The lowest BCUT2D eigenvalue weighted by atomic mass is 9.79. The second-order valence-electron chi connectivity index (χ2n) is 7.56. The summed E-state index contributed by atoms with van der Waals surface area (Å²) in [6, 6.07) is -0.227. The van der Waals surface area contributed by atoms with E-state index >= 15 is 0 Å². The molecule has 0 bridgehead atoms. The molecule has 0 aromatic rings. The van der Waals surface area contributed by atoms with E-state index in [0.717, 1.165) is 4.91 Å². The molecular formula is C19H28N2O5S.